The van der Waals surface area contributed by atoms with E-state index in [1.54, 1.807) is 18.2 Å². The number of nitrogens with zero attached hydrogens (tertiary/aromatic N) is 3. The van der Waals surface area contributed by atoms with Gasteiger partial charge >= 0.3 is 0 Å². The summed E-state index contributed by atoms with van der Waals surface area (Å²) in [7, 11) is -3.73. The third kappa shape index (κ3) is 2.66. The summed E-state index contributed by atoms with van der Waals surface area (Å²) in [5.74, 6) is -0.493. The van der Waals surface area contributed by atoms with Crippen LogP contribution in [0.25, 0.3) is 5.69 Å². The van der Waals surface area contributed by atoms with E-state index in [0.29, 0.717) is 12.2 Å². The second kappa shape index (κ2) is 5.90. The Morgan fingerprint density at radius 2 is 1.82 bits per heavy atom. The first-order chi connectivity index (χ1) is 13.5. The van der Waals surface area contributed by atoms with E-state index in [1.807, 2.05) is 18.2 Å². The molecule has 142 valence electrons. The van der Waals surface area contributed by atoms with E-state index in [9.17, 15) is 13.2 Å². The van der Waals surface area contributed by atoms with Crippen LogP contribution in [0.5, 0.6) is 0 Å². The van der Waals surface area contributed by atoms with Gasteiger partial charge in [-0.3, -0.25) is 4.79 Å². The Balaban J connectivity index is 1.40. The molecule has 0 unspecified atom stereocenters. The van der Waals surface area contributed by atoms with Crippen molar-refractivity contribution in [2.24, 2.45) is 0 Å². The summed E-state index contributed by atoms with van der Waals surface area (Å²) >= 11 is 0. The number of para-hydroxylation sites is 1. The minimum atomic E-state index is -3.73. The number of sulfonamides is 1. The molecular weight excluding hydrogens is 378 g/mol. The summed E-state index contributed by atoms with van der Waals surface area (Å²) in [4.78, 5) is 16.8. The maximum atomic E-state index is 12.6. The normalized spacial score (nSPS) is 17.7. The van der Waals surface area contributed by atoms with Crippen molar-refractivity contribution in [3.63, 3.8) is 0 Å². The molecular formula is C19H17N5O3S. The van der Waals surface area contributed by atoms with Gasteiger partial charge in [-0.05, 0) is 30.5 Å². The number of carbonyl (C=O) groups excluding carboxylic acids is 1. The average Bonchev–Trinajstić information content (AvgIpc) is 3.39. The van der Waals surface area contributed by atoms with E-state index in [-0.39, 0.29) is 22.1 Å². The zero-order valence-corrected chi connectivity index (χ0v) is 15.6. The van der Waals surface area contributed by atoms with Gasteiger partial charge in [0.15, 0.2) is 0 Å². The fourth-order valence-electron chi connectivity index (χ4n) is 3.52. The van der Waals surface area contributed by atoms with Gasteiger partial charge < -0.3 is 5.32 Å². The zero-order chi connectivity index (χ0) is 19.4. The van der Waals surface area contributed by atoms with Crippen molar-refractivity contribution in [3.05, 3.63) is 66.0 Å². The number of hydrogen-bond acceptors (Lipinski definition) is 5. The monoisotopic (exact) mass is 395 g/mol. The Bertz CT molecular complexity index is 1180. The van der Waals surface area contributed by atoms with Crippen LogP contribution in [0.4, 0.5) is 5.95 Å². The molecule has 3 aromatic rings. The smallest absolute Gasteiger partial charge is 0.291 e. The molecule has 9 heteroatoms. The quantitative estimate of drug-likeness (QED) is 0.701. The molecule has 1 amide bonds. The third-order valence-corrected chi connectivity index (χ3v) is 6.62. The lowest BCUT2D eigenvalue weighted by Gasteiger charge is -2.17. The molecule has 0 spiro atoms. The maximum absolute atomic E-state index is 12.6. The molecule has 1 fully saturated rings. The Labute approximate surface area is 161 Å². The standard InChI is InChI=1S/C19H17N5O3S/c25-17(20-12-19(10-11-19)13-6-2-1-3-7-13)16-21-18-23-28(26,27)15-9-5-4-8-14(15)24(18)22-16/h1-9H,10-12H2,(H,20,25)(H,21,22,23). The summed E-state index contributed by atoms with van der Waals surface area (Å²) in [6, 6.07) is 16.5. The number of anilines is 1. The van der Waals surface area contributed by atoms with Crippen LogP contribution in [0.15, 0.2) is 59.5 Å². The van der Waals surface area contributed by atoms with Gasteiger partial charge in [-0.25, -0.2) is 13.1 Å². The molecule has 0 radical (unpaired) electrons. The van der Waals surface area contributed by atoms with E-state index in [1.165, 1.54) is 16.3 Å². The first-order valence-electron chi connectivity index (χ1n) is 8.92. The molecule has 1 saturated carbocycles. The Morgan fingerprint density at radius 1 is 1.11 bits per heavy atom. The summed E-state index contributed by atoms with van der Waals surface area (Å²) < 4.78 is 28.4. The lowest BCUT2D eigenvalue weighted by atomic mass is 9.96. The number of fused-ring (bicyclic) bond motifs is 3. The number of hydrogen-bond donors (Lipinski definition) is 2. The van der Waals surface area contributed by atoms with E-state index in [4.69, 9.17) is 0 Å². The SMILES string of the molecule is O=C(NCC1(c2ccccc2)CC1)c1nc2n(n1)-c1ccccc1S(=O)(=O)N2. The van der Waals surface area contributed by atoms with Gasteiger partial charge in [0.1, 0.15) is 4.90 Å². The van der Waals surface area contributed by atoms with Crippen LogP contribution in [-0.2, 0) is 15.4 Å². The zero-order valence-electron chi connectivity index (χ0n) is 14.8. The Hall–Kier alpha value is -3.20. The fraction of sp³-hybridized carbons (Fsp3) is 0.211. The topological polar surface area (TPSA) is 106 Å². The molecule has 1 aromatic heterocycles. The summed E-state index contributed by atoms with van der Waals surface area (Å²) in [6.45, 7) is 0.488. The van der Waals surface area contributed by atoms with Crippen LogP contribution in [0, 0.1) is 0 Å². The molecule has 0 saturated heterocycles. The molecule has 1 aliphatic heterocycles. The highest BCUT2D eigenvalue weighted by atomic mass is 32.2. The summed E-state index contributed by atoms with van der Waals surface area (Å²) in [5, 5.41) is 7.12. The van der Waals surface area contributed by atoms with Crippen molar-refractivity contribution in [3.8, 4) is 5.69 Å². The fourth-order valence-corrected chi connectivity index (χ4v) is 4.69. The highest BCUT2D eigenvalue weighted by Crippen LogP contribution is 2.47. The van der Waals surface area contributed by atoms with Crippen LogP contribution in [-0.4, -0.2) is 35.6 Å². The van der Waals surface area contributed by atoms with Gasteiger partial charge in [0.2, 0.25) is 11.8 Å². The molecule has 8 nitrogen and oxygen atoms in total. The van der Waals surface area contributed by atoms with E-state index in [2.05, 4.69) is 32.3 Å². The Morgan fingerprint density at radius 3 is 2.57 bits per heavy atom. The molecule has 2 N–H and O–H groups in total. The lowest BCUT2D eigenvalue weighted by molar-refractivity contribution is 0.0939. The van der Waals surface area contributed by atoms with E-state index in [0.717, 1.165) is 12.8 Å². The second-order valence-electron chi connectivity index (χ2n) is 7.07. The number of amides is 1. The van der Waals surface area contributed by atoms with Crippen LogP contribution in [0.2, 0.25) is 0 Å². The van der Waals surface area contributed by atoms with Gasteiger partial charge in [-0.1, -0.05) is 42.5 Å². The molecule has 28 heavy (non-hydrogen) atoms. The molecule has 1 aliphatic carbocycles. The molecule has 2 aliphatic rings. The molecule has 0 atom stereocenters. The van der Waals surface area contributed by atoms with Crippen molar-refractivity contribution in [1.82, 2.24) is 20.1 Å². The summed E-state index contributed by atoms with van der Waals surface area (Å²) in [6.07, 6.45) is 2.02. The number of benzene rings is 2. The van der Waals surface area contributed by atoms with Crippen molar-refractivity contribution in [2.75, 3.05) is 11.3 Å². The molecule has 2 aromatic carbocycles. The number of nitrogens with one attached hydrogen (secondary N) is 2. The second-order valence-corrected chi connectivity index (χ2v) is 8.72. The first kappa shape index (κ1) is 16.9. The molecule has 5 rings (SSSR count). The largest absolute Gasteiger partial charge is 0.348 e. The van der Waals surface area contributed by atoms with Crippen molar-refractivity contribution < 1.29 is 13.2 Å². The van der Waals surface area contributed by atoms with Crippen LogP contribution < -0.4 is 10.0 Å². The van der Waals surface area contributed by atoms with Gasteiger partial charge in [0.25, 0.3) is 15.9 Å². The predicted octanol–water partition coefficient (Wildman–Crippen LogP) is 1.84. The van der Waals surface area contributed by atoms with Gasteiger partial charge in [0, 0.05) is 12.0 Å². The third-order valence-electron chi connectivity index (χ3n) is 5.25. The number of carbonyl (C=O) groups is 1. The minimum absolute atomic E-state index is 0.00745. The minimum Gasteiger partial charge on any atom is -0.348 e. The van der Waals surface area contributed by atoms with Crippen LogP contribution >= 0.6 is 0 Å². The highest BCUT2D eigenvalue weighted by Gasteiger charge is 2.44. The van der Waals surface area contributed by atoms with Crippen molar-refractivity contribution in [2.45, 2.75) is 23.2 Å². The Kier molecular flexibility index (Phi) is 3.57. The van der Waals surface area contributed by atoms with Gasteiger partial charge in [0.05, 0.1) is 5.69 Å². The van der Waals surface area contributed by atoms with E-state index < -0.39 is 15.9 Å². The van der Waals surface area contributed by atoms with Crippen LogP contribution in [0.3, 0.4) is 0 Å². The average molecular weight is 395 g/mol. The first-order valence-corrected chi connectivity index (χ1v) is 10.4. The van der Waals surface area contributed by atoms with Gasteiger partial charge in [-0.15, -0.1) is 5.10 Å². The highest BCUT2D eigenvalue weighted by molar-refractivity contribution is 7.92. The van der Waals surface area contributed by atoms with Crippen molar-refractivity contribution in [1.29, 1.82) is 0 Å². The van der Waals surface area contributed by atoms with Gasteiger partial charge in [-0.2, -0.15) is 9.67 Å². The molecule has 2 heterocycles. The van der Waals surface area contributed by atoms with Crippen LogP contribution in [0.1, 0.15) is 29.0 Å². The lowest BCUT2D eigenvalue weighted by Crippen LogP contribution is -2.33. The predicted molar refractivity (Wildman–Crippen MR) is 102 cm³/mol. The van der Waals surface area contributed by atoms with E-state index >= 15 is 0 Å². The van der Waals surface area contributed by atoms with Crippen molar-refractivity contribution >= 4 is 21.9 Å². The summed E-state index contributed by atoms with van der Waals surface area (Å²) in [5.41, 5.74) is 1.53. The maximum Gasteiger partial charge on any atom is 0.291 e. The molecule has 0 bridgehead atoms. The number of aromatic nitrogens is 3. The number of rotatable bonds is 4.